The number of ether oxygens (including phenoxy) is 1. The lowest BCUT2D eigenvalue weighted by atomic mass is 10.1. The highest BCUT2D eigenvalue weighted by molar-refractivity contribution is 7.08. The summed E-state index contributed by atoms with van der Waals surface area (Å²) in [6, 6.07) is 1.99. The maximum atomic E-state index is 12.1. The second-order valence-corrected chi connectivity index (χ2v) is 6.59. The van der Waals surface area contributed by atoms with Gasteiger partial charge in [-0.3, -0.25) is 4.79 Å². The standard InChI is InChI=1S/C16H20N4O4S/c1-23-16(22)20-7-4-12(5-8-20)17-13(21)2-3-14-18-19-15(24-14)11-6-9-25-10-11/h6,9-10,12H,2-5,7-8H2,1H3,(H,17,21). The highest BCUT2D eigenvalue weighted by Crippen LogP contribution is 2.20. The number of aryl methyl sites for hydroxylation is 1. The first-order chi connectivity index (χ1) is 12.2. The number of methoxy groups -OCH3 is 1. The van der Waals surface area contributed by atoms with Crippen molar-refractivity contribution in [3.8, 4) is 11.5 Å². The SMILES string of the molecule is COC(=O)N1CCC(NC(=O)CCc2nnc(-c3ccsc3)o2)CC1. The number of carbonyl (C=O) groups excluding carboxylic acids is 2. The Balaban J connectivity index is 1.41. The summed E-state index contributed by atoms with van der Waals surface area (Å²) < 4.78 is 10.3. The largest absolute Gasteiger partial charge is 0.453 e. The van der Waals surface area contributed by atoms with E-state index < -0.39 is 0 Å². The second-order valence-electron chi connectivity index (χ2n) is 5.81. The zero-order chi connectivity index (χ0) is 17.6. The van der Waals surface area contributed by atoms with Gasteiger partial charge in [-0.1, -0.05) is 0 Å². The fraction of sp³-hybridized carbons (Fsp3) is 0.500. The summed E-state index contributed by atoms with van der Waals surface area (Å²) in [5, 5.41) is 14.8. The minimum Gasteiger partial charge on any atom is -0.453 e. The van der Waals surface area contributed by atoms with Crippen LogP contribution in [0.25, 0.3) is 11.5 Å². The van der Waals surface area contributed by atoms with Crippen LogP contribution in [0.3, 0.4) is 0 Å². The van der Waals surface area contributed by atoms with Gasteiger partial charge < -0.3 is 19.4 Å². The number of thiophene rings is 1. The highest BCUT2D eigenvalue weighted by atomic mass is 32.1. The predicted molar refractivity (Wildman–Crippen MR) is 91.1 cm³/mol. The topological polar surface area (TPSA) is 97.6 Å². The van der Waals surface area contributed by atoms with Crippen LogP contribution in [0, 0.1) is 0 Å². The second kappa shape index (κ2) is 8.11. The highest BCUT2D eigenvalue weighted by Gasteiger charge is 2.24. The molecule has 0 radical (unpaired) electrons. The molecule has 2 aromatic heterocycles. The minimum atomic E-state index is -0.317. The van der Waals surface area contributed by atoms with Gasteiger partial charge in [0, 0.05) is 42.9 Å². The molecular formula is C16H20N4O4S. The first kappa shape index (κ1) is 17.4. The molecule has 0 aromatic carbocycles. The number of rotatable bonds is 5. The quantitative estimate of drug-likeness (QED) is 0.872. The molecule has 0 atom stereocenters. The number of nitrogens with one attached hydrogen (secondary N) is 1. The van der Waals surface area contributed by atoms with E-state index in [2.05, 4.69) is 15.5 Å². The Labute approximate surface area is 149 Å². The Hall–Kier alpha value is -2.42. The number of hydrogen-bond acceptors (Lipinski definition) is 7. The van der Waals surface area contributed by atoms with Crippen molar-refractivity contribution in [1.29, 1.82) is 0 Å². The lowest BCUT2D eigenvalue weighted by Gasteiger charge is -2.31. The van der Waals surface area contributed by atoms with Gasteiger partial charge in [0.15, 0.2) is 0 Å². The van der Waals surface area contributed by atoms with Crippen molar-refractivity contribution in [3.63, 3.8) is 0 Å². The van der Waals surface area contributed by atoms with E-state index in [9.17, 15) is 9.59 Å². The van der Waals surface area contributed by atoms with Gasteiger partial charge in [-0.05, 0) is 24.3 Å². The number of likely N-dealkylation sites (tertiary alicyclic amines) is 1. The molecule has 1 fully saturated rings. The van der Waals surface area contributed by atoms with E-state index >= 15 is 0 Å². The van der Waals surface area contributed by atoms with E-state index in [1.807, 2.05) is 16.8 Å². The van der Waals surface area contributed by atoms with Gasteiger partial charge in [-0.15, -0.1) is 10.2 Å². The number of hydrogen-bond donors (Lipinski definition) is 1. The van der Waals surface area contributed by atoms with Gasteiger partial charge in [0.2, 0.25) is 17.7 Å². The van der Waals surface area contributed by atoms with Gasteiger partial charge >= 0.3 is 6.09 Å². The minimum absolute atomic E-state index is 0.0493. The fourth-order valence-electron chi connectivity index (χ4n) is 2.71. The van der Waals surface area contributed by atoms with Gasteiger partial charge in [-0.2, -0.15) is 11.3 Å². The molecule has 9 heteroatoms. The third-order valence-corrected chi connectivity index (χ3v) is 4.78. The number of amides is 2. The van der Waals surface area contributed by atoms with Gasteiger partial charge in [-0.25, -0.2) is 4.79 Å². The van der Waals surface area contributed by atoms with Crippen LogP contribution < -0.4 is 5.32 Å². The monoisotopic (exact) mass is 364 g/mol. The van der Waals surface area contributed by atoms with Crippen molar-refractivity contribution >= 4 is 23.3 Å². The smallest absolute Gasteiger partial charge is 0.409 e. The molecule has 134 valence electrons. The Morgan fingerprint density at radius 2 is 2.20 bits per heavy atom. The molecule has 2 amide bonds. The molecule has 25 heavy (non-hydrogen) atoms. The molecule has 2 aromatic rings. The summed E-state index contributed by atoms with van der Waals surface area (Å²) in [4.78, 5) is 25.2. The van der Waals surface area contributed by atoms with Gasteiger partial charge in [0.25, 0.3) is 0 Å². The average Bonchev–Trinajstić information content (AvgIpc) is 3.31. The summed E-state index contributed by atoms with van der Waals surface area (Å²) in [5.74, 6) is 0.885. The van der Waals surface area contributed by atoms with E-state index in [0.717, 1.165) is 18.4 Å². The summed E-state index contributed by atoms with van der Waals surface area (Å²) in [6.45, 7) is 1.18. The molecule has 3 rings (SSSR count). The molecule has 0 bridgehead atoms. The van der Waals surface area contributed by atoms with E-state index in [-0.39, 0.29) is 18.0 Å². The molecule has 1 aliphatic heterocycles. The first-order valence-corrected chi connectivity index (χ1v) is 9.07. The van der Waals surface area contributed by atoms with Crippen molar-refractivity contribution in [2.45, 2.75) is 31.7 Å². The first-order valence-electron chi connectivity index (χ1n) is 8.13. The molecule has 1 N–H and O–H groups in total. The molecule has 1 aliphatic rings. The normalized spacial score (nSPS) is 15.2. The molecule has 8 nitrogen and oxygen atoms in total. The summed E-state index contributed by atoms with van der Waals surface area (Å²) in [7, 11) is 1.37. The predicted octanol–water partition coefficient (Wildman–Crippen LogP) is 2.08. The number of piperidine rings is 1. The van der Waals surface area contributed by atoms with Crippen molar-refractivity contribution in [2.75, 3.05) is 20.2 Å². The van der Waals surface area contributed by atoms with Crippen LogP contribution in [-0.2, 0) is 16.0 Å². The lowest BCUT2D eigenvalue weighted by Crippen LogP contribution is -2.46. The van der Waals surface area contributed by atoms with E-state index in [0.29, 0.717) is 37.7 Å². The van der Waals surface area contributed by atoms with Crippen molar-refractivity contribution in [2.24, 2.45) is 0 Å². The third kappa shape index (κ3) is 4.56. The van der Waals surface area contributed by atoms with E-state index in [4.69, 9.17) is 9.15 Å². The zero-order valence-corrected chi connectivity index (χ0v) is 14.8. The molecule has 1 saturated heterocycles. The third-order valence-electron chi connectivity index (χ3n) is 4.09. The Morgan fingerprint density at radius 3 is 2.88 bits per heavy atom. The number of aromatic nitrogens is 2. The van der Waals surface area contributed by atoms with Crippen LogP contribution in [-0.4, -0.2) is 53.3 Å². The van der Waals surface area contributed by atoms with Gasteiger partial charge in [0.05, 0.1) is 7.11 Å². The summed E-state index contributed by atoms with van der Waals surface area (Å²) in [6.07, 6.45) is 1.84. The van der Waals surface area contributed by atoms with Crippen molar-refractivity contribution < 1.29 is 18.7 Å². The van der Waals surface area contributed by atoms with E-state index in [1.165, 1.54) is 7.11 Å². The summed E-state index contributed by atoms with van der Waals surface area (Å²) >= 11 is 1.56. The van der Waals surface area contributed by atoms with Crippen LogP contribution in [0.1, 0.15) is 25.2 Å². The number of carbonyl (C=O) groups is 2. The average molecular weight is 364 g/mol. The van der Waals surface area contributed by atoms with Crippen LogP contribution in [0.4, 0.5) is 4.79 Å². The molecule has 0 saturated carbocycles. The number of nitrogens with zero attached hydrogens (tertiary/aromatic N) is 3. The van der Waals surface area contributed by atoms with Gasteiger partial charge in [0.1, 0.15) is 0 Å². The Kier molecular flexibility index (Phi) is 5.64. The fourth-order valence-corrected chi connectivity index (χ4v) is 3.34. The molecule has 0 spiro atoms. The van der Waals surface area contributed by atoms with Crippen molar-refractivity contribution in [3.05, 3.63) is 22.7 Å². The Morgan fingerprint density at radius 1 is 1.40 bits per heavy atom. The van der Waals surface area contributed by atoms with Crippen molar-refractivity contribution in [1.82, 2.24) is 20.4 Å². The molecule has 3 heterocycles. The van der Waals surface area contributed by atoms with Crippen LogP contribution in [0.5, 0.6) is 0 Å². The Bertz CT molecular complexity index is 708. The maximum absolute atomic E-state index is 12.1. The molecule has 0 unspecified atom stereocenters. The summed E-state index contributed by atoms with van der Waals surface area (Å²) in [5.41, 5.74) is 0.894. The zero-order valence-electron chi connectivity index (χ0n) is 13.9. The van der Waals surface area contributed by atoms with E-state index in [1.54, 1.807) is 16.2 Å². The lowest BCUT2D eigenvalue weighted by molar-refractivity contribution is -0.122. The molecule has 0 aliphatic carbocycles. The van der Waals surface area contributed by atoms with Crippen LogP contribution in [0.15, 0.2) is 21.2 Å². The molecular weight excluding hydrogens is 344 g/mol. The van der Waals surface area contributed by atoms with Crippen LogP contribution >= 0.6 is 11.3 Å². The van der Waals surface area contributed by atoms with Crippen LogP contribution in [0.2, 0.25) is 0 Å². The maximum Gasteiger partial charge on any atom is 0.409 e.